The molecule has 0 aliphatic heterocycles. The van der Waals surface area contributed by atoms with Crippen molar-refractivity contribution in [3.05, 3.63) is 0 Å². The van der Waals surface area contributed by atoms with E-state index >= 15 is 0 Å². The summed E-state index contributed by atoms with van der Waals surface area (Å²) >= 11 is 0. The molecule has 0 spiro atoms. The predicted molar refractivity (Wildman–Crippen MR) is 50.5 cm³/mol. The van der Waals surface area contributed by atoms with Crippen molar-refractivity contribution in [3.63, 3.8) is 0 Å². The average Bonchev–Trinajstić information content (AvgIpc) is 2.12. The number of hydrogen-bond acceptors (Lipinski definition) is 5. The van der Waals surface area contributed by atoms with E-state index < -0.39 is 5.66 Å². The molecule has 0 aliphatic rings. The van der Waals surface area contributed by atoms with E-state index in [1.807, 2.05) is 0 Å². The molecule has 0 heterocycles. The lowest BCUT2D eigenvalue weighted by Gasteiger charge is -2.22. The van der Waals surface area contributed by atoms with Crippen molar-refractivity contribution in [2.75, 3.05) is 6.54 Å². The first-order valence-electron chi connectivity index (χ1n) is 4.17. The predicted octanol–water partition coefficient (Wildman–Crippen LogP) is -0.727. The quantitative estimate of drug-likeness (QED) is 0.115. The van der Waals surface area contributed by atoms with Crippen LogP contribution in [0.3, 0.4) is 0 Å². The fourth-order valence-corrected chi connectivity index (χ4v) is 0.925. The first-order valence-corrected chi connectivity index (χ1v) is 4.17. The van der Waals surface area contributed by atoms with Crippen LogP contribution >= 0.6 is 0 Å². The molecule has 0 radical (unpaired) electrons. The van der Waals surface area contributed by atoms with Crippen LogP contribution in [0.5, 0.6) is 0 Å². The highest BCUT2D eigenvalue weighted by molar-refractivity contribution is 5.65. The Morgan fingerprint density at radius 3 is 2.42 bits per heavy atom. The Balaban J connectivity index is 3.51. The number of nitrogens with one attached hydrogen (secondary N) is 2. The first-order chi connectivity index (χ1) is 5.68. The van der Waals surface area contributed by atoms with Gasteiger partial charge in [0.2, 0.25) is 0 Å². The average molecular weight is 173 g/mol. The molecule has 1 unspecified atom stereocenters. The van der Waals surface area contributed by atoms with E-state index in [9.17, 15) is 0 Å². The van der Waals surface area contributed by atoms with Crippen LogP contribution in [0.4, 0.5) is 0 Å². The van der Waals surface area contributed by atoms with Gasteiger partial charge in [-0.1, -0.05) is 6.42 Å². The Morgan fingerprint density at radius 2 is 2.00 bits per heavy atom. The minimum absolute atomic E-state index is 0.674. The molecule has 0 aliphatic carbocycles. The smallest absolute Gasteiger partial charge is 0.114 e. The van der Waals surface area contributed by atoms with Gasteiger partial charge in [0, 0.05) is 6.21 Å². The number of unbranched alkanes of at least 4 members (excludes halogenated alkanes) is 2. The molecular formula is C7H19N5. The van der Waals surface area contributed by atoms with E-state index in [0.717, 1.165) is 25.5 Å². The molecule has 0 amide bonds. The Hall–Kier alpha value is -0.490. The second-order valence-electron chi connectivity index (χ2n) is 2.93. The lowest BCUT2D eigenvalue weighted by Crippen LogP contribution is -2.58. The molecular weight excluding hydrogens is 154 g/mol. The third kappa shape index (κ3) is 4.40. The summed E-state index contributed by atoms with van der Waals surface area (Å²) in [5.41, 5.74) is 12.6. The summed E-state index contributed by atoms with van der Waals surface area (Å²) in [6.07, 6.45) is 4.78. The van der Waals surface area contributed by atoms with Crippen LogP contribution in [-0.2, 0) is 0 Å². The molecule has 0 rings (SSSR count). The van der Waals surface area contributed by atoms with E-state index in [2.05, 4.69) is 5.43 Å². The second kappa shape index (κ2) is 6.07. The first kappa shape index (κ1) is 11.5. The Labute approximate surface area is 73.2 Å². The summed E-state index contributed by atoms with van der Waals surface area (Å²) in [5, 5.41) is 7.02. The summed E-state index contributed by atoms with van der Waals surface area (Å²) in [7, 11) is 0. The molecule has 5 heteroatoms. The largest absolute Gasteiger partial charge is 0.330 e. The third-order valence-electron chi connectivity index (χ3n) is 1.82. The van der Waals surface area contributed by atoms with Gasteiger partial charge in [0.1, 0.15) is 5.66 Å². The molecule has 0 saturated heterocycles. The fraction of sp³-hybridized carbons (Fsp3) is 0.857. The summed E-state index contributed by atoms with van der Waals surface area (Å²) in [4.78, 5) is 0. The molecule has 1 atom stereocenters. The minimum atomic E-state index is -0.839. The molecule has 0 aromatic heterocycles. The van der Waals surface area contributed by atoms with Gasteiger partial charge in [-0.05, 0) is 25.8 Å². The number of rotatable bonds is 7. The highest BCUT2D eigenvalue weighted by Crippen LogP contribution is 2.06. The van der Waals surface area contributed by atoms with Gasteiger partial charge in [-0.3, -0.25) is 5.84 Å². The SMILES string of the molecule is N=CC(N)(CCCCCN)NN. The summed E-state index contributed by atoms with van der Waals surface area (Å²) in [6, 6.07) is 0. The molecule has 0 fully saturated rings. The zero-order valence-corrected chi connectivity index (χ0v) is 7.34. The van der Waals surface area contributed by atoms with Crippen LogP contribution in [0.15, 0.2) is 0 Å². The third-order valence-corrected chi connectivity index (χ3v) is 1.82. The molecule has 5 nitrogen and oxygen atoms in total. The summed E-state index contributed by atoms with van der Waals surface area (Å²) < 4.78 is 0. The van der Waals surface area contributed by atoms with Crippen LogP contribution in [0, 0.1) is 5.41 Å². The standard InChI is InChI=1S/C7H19N5/c8-5-3-1-2-4-7(10,6-9)12-11/h6,9,12H,1-5,8,10-11H2. The molecule has 0 aromatic rings. The van der Waals surface area contributed by atoms with E-state index in [1.165, 1.54) is 0 Å². The Kier molecular flexibility index (Phi) is 5.83. The van der Waals surface area contributed by atoms with Crippen molar-refractivity contribution in [3.8, 4) is 0 Å². The fourth-order valence-electron chi connectivity index (χ4n) is 0.925. The van der Waals surface area contributed by atoms with Gasteiger partial charge in [-0.15, -0.1) is 0 Å². The van der Waals surface area contributed by atoms with Gasteiger partial charge in [0.25, 0.3) is 0 Å². The van der Waals surface area contributed by atoms with Gasteiger partial charge in [0.05, 0.1) is 0 Å². The van der Waals surface area contributed by atoms with E-state index in [-0.39, 0.29) is 0 Å². The summed E-state index contributed by atoms with van der Waals surface area (Å²) in [6.45, 7) is 0.707. The maximum atomic E-state index is 7.02. The second-order valence-corrected chi connectivity index (χ2v) is 2.93. The van der Waals surface area contributed by atoms with E-state index in [1.54, 1.807) is 0 Å². The van der Waals surface area contributed by atoms with E-state index in [4.69, 9.17) is 22.7 Å². The Morgan fingerprint density at radius 1 is 1.33 bits per heavy atom. The van der Waals surface area contributed by atoms with Gasteiger partial charge < -0.3 is 16.9 Å². The zero-order chi connectivity index (χ0) is 9.45. The molecule has 72 valence electrons. The van der Waals surface area contributed by atoms with Crippen LogP contribution in [0.2, 0.25) is 0 Å². The van der Waals surface area contributed by atoms with E-state index in [0.29, 0.717) is 13.0 Å². The summed E-state index contributed by atoms with van der Waals surface area (Å²) in [5.74, 6) is 5.18. The van der Waals surface area contributed by atoms with Crippen LogP contribution < -0.4 is 22.7 Å². The van der Waals surface area contributed by atoms with Crippen LogP contribution in [0.1, 0.15) is 25.7 Å². The number of hydrogen-bond donors (Lipinski definition) is 5. The highest BCUT2D eigenvalue weighted by atomic mass is 15.3. The van der Waals surface area contributed by atoms with Crippen molar-refractivity contribution >= 4 is 6.21 Å². The Bertz CT molecular complexity index is 127. The van der Waals surface area contributed by atoms with Crippen LogP contribution in [0.25, 0.3) is 0 Å². The monoisotopic (exact) mass is 173 g/mol. The van der Waals surface area contributed by atoms with Gasteiger partial charge in [-0.25, -0.2) is 5.43 Å². The number of hydrazine groups is 1. The maximum absolute atomic E-state index is 7.02. The minimum Gasteiger partial charge on any atom is -0.330 e. The molecule has 0 aromatic carbocycles. The van der Waals surface area contributed by atoms with Gasteiger partial charge in [-0.2, -0.15) is 0 Å². The molecule has 8 N–H and O–H groups in total. The maximum Gasteiger partial charge on any atom is 0.114 e. The van der Waals surface area contributed by atoms with Gasteiger partial charge >= 0.3 is 0 Å². The van der Waals surface area contributed by atoms with Gasteiger partial charge in [0.15, 0.2) is 0 Å². The van der Waals surface area contributed by atoms with Crippen molar-refractivity contribution in [1.29, 1.82) is 5.41 Å². The van der Waals surface area contributed by atoms with Crippen molar-refractivity contribution in [1.82, 2.24) is 5.43 Å². The van der Waals surface area contributed by atoms with Crippen molar-refractivity contribution in [2.24, 2.45) is 17.3 Å². The number of nitrogens with two attached hydrogens (primary N) is 3. The highest BCUT2D eigenvalue weighted by Gasteiger charge is 2.18. The normalized spacial score (nSPS) is 15.6. The molecule has 0 saturated carbocycles. The zero-order valence-electron chi connectivity index (χ0n) is 7.34. The molecule has 0 bridgehead atoms. The van der Waals surface area contributed by atoms with Crippen molar-refractivity contribution in [2.45, 2.75) is 31.3 Å². The van der Waals surface area contributed by atoms with Crippen LogP contribution in [-0.4, -0.2) is 18.4 Å². The lowest BCUT2D eigenvalue weighted by molar-refractivity contribution is 0.412. The topological polar surface area (TPSA) is 114 Å². The van der Waals surface area contributed by atoms with Crippen molar-refractivity contribution < 1.29 is 0 Å². The molecule has 12 heavy (non-hydrogen) atoms. The lowest BCUT2D eigenvalue weighted by atomic mass is 10.0.